The van der Waals surface area contributed by atoms with Crippen LogP contribution in [0.25, 0.3) is 0 Å². The third-order valence-electron chi connectivity index (χ3n) is 6.55. The van der Waals surface area contributed by atoms with E-state index in [9.17, 15) is 9.18 Å². The van der Waals surface area contributed by atoms with Crippen LogP contribution in [-0.4, -0.2) is 27.3 Å². The molecule has 7 nitrogen and oxygen atoms in total. The second kappa shape index (κ2) is 12.2. The highest BCUT2D eigenvalue weighted by molar-refractivity contribution is 7.98. The molecule has 0 radical (unpaired) electrons. The van der Waals surface area contributed by atoms with Gasteiger partial charge in [0.05, 0.1) is 5.57 Å². The second-order valence-electron chi connectivity index (χ2n) is 9.28. The van der Waals surface area contributed by atoms with Crippen LogP contribution in [0, 0.1) is 12.7 Å². The van der Waals surface area contributed by atoms with Crippen molar-refractivity contribution in [2.45, 2.75) is 37.4 Å². The number of aromatic nitrogens is 3. The van der Waals surface area contributed by atoms with Crippen molar-refractivity contribution in [3.63, 3.8) is 0 Å². The summed E-state index contributed by atoms with van der Waals surface area (Å²) in [5.41, 5.74) is 4.69. The maximum Gasteiger partial charge on any atom is 0.338 e. The molecule has 204 valence electrons. The highest BCUT2D eigenvalue weighted by atomic mass is 32.2. The number of ether oxygens (including phenoxy) is 2. The van der Waals surface area contributed by atoms with Gasteiger partial charge in [0.15, 0.2) is 0 Å². The Labute approximate surface area is 236 Å². The Bertz CT molecular complexity index is 1570. The number of hydrogen-bond acceptors (Lipinski definition) is 7. The van der Waals surface area contributed by atoms with E-state index in [0.29, 0.717) is 46.0 Å². The molecule has 0 aliphatic carbocycles. The van der Waals surface area contributed by atoms with E-state index in [2.05, 4.69) is 29.9 Å². The van der Waals surface area contributed by atoms with Gasteiger partial charge in [0.2, 0.25) is 11.1 Å². The van der Waals surface area contributed by atoms with Crippen molar-refractivity contribution in [3.05, 3.63) is 125 Å². The zero-order chi connectivity index (χ0) is 28.1. The molecular formula is C31H29FN4O3S. The molecule has 0 saturated heterocycles. The first kappa shape index (κ1) is 27.2. The van der Waals surface area contributed by atoms with Crippen LogP contribution in [-0.2, 0) is 21.9 Å². The average molecular weight is 557 g/mol. The van der Waals surface area contributed by atoms with E-state index in [0.717, 1.165) is 11.1 Å². The molecule has 40 heavy (non-hydrogen) atoms. The monoisotopic (exact) mass is 556 g/mol. The Morgan fingerprint density at radius 2 is 1.80 bits per heavy atom. The SMILES string of the molecule is C=CCOC(=O)C1=C(C)Nc2nc(SCc3ccccc3F)nn2C1c1ccc(OCc2ccccc2C)cc1. The molecule has 1 N–H and O–H groups in total. The Kier molecular flexibility index (Phi) is 8.31. The zero-order valence-corrected chi connectivity index (χ0v) is 23.1. The number of allylic oxidation sites excluding steroid dienone is 1. The fraction of sp³-hybridized carbons (Fsp3) is 0.194. The molecule has 1 atom stereocenters. The molecule has 0 spiro atoms. The van der Waals surface area contributed by atoms with Gasteiger partial charge in [-0.05, 0) is 54.3 Å². The van der Waals surface area contributed by atoms with Gasteiger partial charge in [0, 0.05) is 11.4 Å². The number of benzene rings is 3. The van der Waals surface area contributed by atoms with Gasteiger partial charge in [-0.2, -0.15) is 4.98 Å². The molecule has 5 rings (SSSR count). The van der Waals surface area contributed by atoms with Gasteiger partial charge in [-0.25, -0.2) is 13.9 Å². The van der Waals surface area contributed by atoms with Crippen LogP contribution in [0.5, 0.6) is 5.75 Å². The molecule has 4 aromatic rings. The van der Waals surface area contributed by atoms with Crippen molar-refractivity contribution in [3.8, 4) is 5.75 Å². The first-order valence-corrected chi connectivity index (χ1v) is 13.8. The molecule has 1 unspecified atom stereocenters. The lowest BCUT2D eigenvalue weighted by Gasteiger charge is -2.28. The summed E-state index contributed by atoms with van der Waals surface area (Å²) in [6.07, 6.45) is 1.53. The van der Waals surface area contributed by atoms with Gasteiger partial charge in [-0.15, -0.1) is 5.10 Å². The summed E-state index contributed by atoms with van der Waals surface area (Å²) < 4.78 is 27.3. The topological polar surface area (TPSA) is 78.3 Å². The third kappa shape index (κ3) is 5.94. The van der Waals surface area contributed by atoms with Crippen molar-refractivity contribution < 1.29 is 18.7 Å². The summed E-state index contributed by atoms with van der Waals surface area (Å²) >= 11 is 1.32. The minimum absolute atomic E-state index is 0.0853. The van der Waals surface area contributed by atoms with Crippen LogP contribution in [0.4, 0.5) is 10.3 Å². The number of carbonyl (C=O) groups excluding carboxylic acids is 1. The summed E-state index contributed by atoms with van der Waals surface area (Å²) in [4.78, 5) is 17.8. The van der Waals surface area contributed by atoms with Crippen molar-refractivity contribution >= 4 is 23.7 Å². The lowest BCUT2D eigenvalue weighted by Crippen LogP contribution is -2.29. The number of carbonyl (C=O) groups is 1. The Morgan fingerprint density at radius 3 is 2.52 bits per heavy atom. The Balaban J connectivity index is 1.42. The van der Waals surface area contributed by atoms with Crippen LogP contribution >= 0.6 is 11.8 Å². The number of esters is 1. The number of aryl methyl sites for hydroxylation is 1. The highest BCUT2D eigenvalue weighted by Crippen LogP contribution is 2.37. The summed E-state index contributed by atoms with van der Waals surface area (Å²) in [6, 6.07) is 21.7. The van der Waals surface area contributed by atoms with Crippen molar-refractivity contribution in [1.29, 1.82) is 0 Å². The van der Waals surface area contributed by atoms with Crippen molar-refractivity contribution in [2.75, 3.05) is 11.9 Å². The molecule has 0 amide bonds. The summed E-state index contributed by atoms with van der Waals surface area (Å²) in [5.74, 6) is 0.811. The van der Waals surface area contributed by atoms with Crippen LogP contribution in [0.15, 0.2) is 102 Å². The van der Waals surface area contributed by atoms with Gasteiger partial charge in [0.25, 0.3) is 0 Å². The van der Waals surface area contributed by atoms with Crippen LogP contribution < -0.4 is 10.1 Å². The summed E-state index contributed by atoms with van der Waals surface area (Å²) in [7, 11) is 0. The maximum absolute atomic E-state index is 14.2. The standard InChI is InChI=1S/C31H29FN4O3S/c1-4-17-38-29(37)27-21(3)33-30-34-31(40-19-24-11-7-8-12-26(24)32)35-36(30)28(27)22-13-15-25(16-14-22)39-18-23-10-6-5-9-20(23)2/h4-16,28H,1,17-19H2,2-3H3,(H,33,34,35). The zero-order valence-electron chi connectivity index (χ0n) is 22.3. The predicted molar refractivity (Wildman–Crippen MR) is 154 cm³/mol. The number of nitrogens with zero attached hydrogens (tertiary/aromatic N) is 3. The van der Waals surface area contributed by atoms with Gasteiger partial charge >= 0.3 is 5.97 Å². The van der Waals surface area contributed by atoms with E-state index < -0.39 is 12.0 Å². The van der Waals surface area contributed by atoms with Crippen LogP contribution in [0.2, 0.25) is 0 Å². The highest BCUT2D eigenvalue weighted by Gasteiger charge is 2.35. The molecule has 3 aromatic carbocycles. The predicted octanol–water partition coefficient (Wildman–Crippen LogP) is 6.62. The molecule has 0 bridgehead atoms. The quantitative estimate of drug-likeness (QED) is 0.134. The first-order valence-electron chi connectivity index (χ1n) is 12.8. The molecule has 0 saturated carbocycles. The lowest BCUT2D eigenvalue weighted by molar-refractivity contribution is -0.138. The fourth-order valence-electron chi connectivity index (χ4n) is 4.41. The van der Waals surface area contributed by atoms with E-state index in [1.54, 1.807) is 22.9 Å². The van der Waals surface area contributed by atoms with Gasteiger partial charge in [-0.3, -0.25) is 0 Å². The number of fused-ring (bicyclic) bond motifs is 1. The molecule has 1 aliphatic rings. The summed E-state index contributed by atoms with van der Waals surface area (Å²) in [5, 5.41) is 8.34. The van der Waals surface area contributed by atoms with Gasteiger partial charge in [-0.1, -0.05) is 79.0 Å². The van der Waals surface area contributed by atoms with E-state index in [-0.39, 0.29) is 12.4 Å². The van der Waals surface area contributed by atoms with E-state index >= 15 is 0 Å². The molecular weight excluding hydrogens is 527 g/mol. The van der Waals surface area contributed by atoms with E-state index in [1.165, 1.54) is 29.5 Å². The number of hydrogen-bond donors (Lipinski definition) is 1. The Hall–Kier alpha value is -4.37. The smallest absolute Gasteiger partial charge is 0.338 e. The average Bonchev–Trinajstić information content (AvgIpc) is 3.37. The molecule has 0 fully saturated rings. The fourth-order valence-corrected chi connectivity index (χ4v) is 5.23. The minimum Gasteiger partial charge on any atom is -0.489 e. The lowest BCUT2D eigenvalue weighted by atomic mass is 9.96. The maximum atomic E-state index is 14.2. The third-order valence-corrected chi connectivity index (χ3v) is 7.44. The minimum atomic E-state index is -0.589. The molecule has 1 aromatic heterocycles. The van der Waals surface area contributed by atoms with E-state index in [1.807, 2.05) is 49.4 Å². The van der Waals surface area contributed by atoms with Crippen molar-refractivity contribution in [1.82, 2.24) is 14.8 Å². The Morgan fingerprint density at radius 1 is 1.07 bits per heavy atom. The van der Waals surface area contributed by atoms with Crippen LogP contribution in [0.3, 0.4) is 0 Å². The van der Waals surface area contributed by atoms with Crippen LogP contribution in [0.1, 0.15) is 35.2 Å². The van der Waals surface area contributed by atoms with E-state index in [4.69, 9.17) is 14.6 Å². The molecule has 1 aliphatic heterocycles. The van der Waals surface area contributed by atoms with Crippen molar-refractivity contribution in [2.24, 2.45) is 0 Å². The normalized spacial score (nSPS) is 14.3. The number of rotatable bonds is 10. The first-order chi connectivity index (χ1) is 19.4. The number of thioether (sulfide) groups is 1. The van der Waals surface area contributed by atoms with Gasteiger partial charge in [0.1, 0.15) is 30.8 Å². The molecule has 2 heterocycles. The number of nitrogens with one attached hydrogen (secondary N) is 1. The van der Waals surface area contributed by atoms with Gasteiger partial charge < -0.3 is 14.8 Å². The summed E-state index contributed by atoms with van der Waals surface area (Å²) in [6.45, 7) is 8.04. The number of halogens is 1. The second-order valence-corrected chi connectivity index (χ2v) is 10.2. The number of anilines is 1. The molecule has 9 heteroatoms. The largest absolute Gasteiger partial charge is 0.489 e.